The average molecular weight is 254 g/mol. The first-order valence-corrected chi connectivity index (χ1v) is 6.57. The lowest BCUT2D eigenvalue weighted by Crippen LogP contribution is -2.34. The van der Waals surface area contributed by atoms with Crippen LogP contribution in [0.2, 0.25) is 5.02 Å². The maximum absolute atomic E-state index is 6.29. The molecule has 0 radical (unpaired) electrons. The SMILES string of the molecule is COc1cc(C)c(Cl)c(C)c1CNC1CCC1. The minimum atomic E-state index is 0.680. The molecule has 0 saturated heterocycles. The third-order valence-corrected chi connectivity index (χ3v) is 4.25. The van der Waals surface area contributed by atoms with Crippen LogP contribution < -0.4 is 10.1 Å². The molecule has 1 aliphatic carbocycles. The highest BCUT2D eigenvalue weighted by molar-refractivity contribution is 6.32. The van der Waals surface area contributed by atoms with Gasteiger partial charge in [0.2, 0.25) is 0 Å². The second-order valence-corrected chi connectivity index (χ2v) is 5.20. The smallest absolute Gasteiger partial charge is 0.123 e. The lowest BCUT2D eigenvalue weighted by atomic mass is 9.92. The summed E-state index contributed by atoms with van der Waals surface area (Å²) >= 11 is 6.29. The maximum atomic E-state index is 6.29. The summed E-state index contributed by atoms with van der Waals surface area (Å²) in [6, 6.07) is 2.70. The highest BCUT2D eigenvalue weighted by Crippen LogP contribution is 2.32. The highest BCUT2D eigenvalue weighted by Gasteiger charge is 2.18. The number of hydrogen-bond acceptors (Lipinski definition) is 2. The Morgan fingerprint density at radius 1 is 1.41 bits per heavy atom. The predicted molar refractivity (Wildman–Crippen MR) is 72.0 cm³/mol. The molecule has 1 aromatic rings. The van der Waals surface area contributed by atoms with E-state index in [4.69, 9.17) is 16.3 Å². The molecule has 0 spiro atoms. The van der Waals surface area contributed by atoms with Gasteiger partial charge in [0, 0.05) is 23.2 Å². The van der Waals surface area contributed by atoms with Crippen molar-refractivity contribution in [2.75, 3.05) is 7.11 Å². The lowest BCUT2D eigenvalue weighted by molar-refractivity contribution is 0.334. The van der Waals surface area contributed by atoms with Gasteiger partial charge < -0.3 is 10.1 Å². The number of ether oxygens (including phenoxy) is 1. The van der Waals surface area contributed by atoms with Crippen molar-refractivity contribution in [1.82, 2.24) is 5.32 Å². The zero-order valence-electron chi connectivity index (χ0n) is 10.8. The van der Waals surface area contributed by atoms with Gasteiger partial charge in [0.25, 0.3) is 0 Å². The minimum absolute atomic E-state index is 0.680. The first kappa shape index (κ1) is 12.7. The average Bonchev–Trinajstić information content (AvgIpc) is 2.26. The van der Waals surface area contributed by atoms with Crippen LogP contribution in [0.25, 0.3) is 0 Å². The standard InChI is InChI=1S/C14H20ClNO/c1-9-7-13(17-3)12(10(2)14(9)15)8-16-11-5-4-6-11/h7,11,16H,4-6,8H2,1-3H3. The van der Waals surface area contributed by atoms with Gasteiger partial charge in [-0.25, -0.2) is 0 Å². The molecule has 2 nitrogen and oxygen atoms in total. The number of halogens is 1. The molecule has 1 fully saturated rings. The van der Waals surface area contributed by atoms with E-state index >= 15 is 0 Å². The molecule has 0 amide bonds. The number of hydrogen-bond donors (Lipinski definition) is 1. The molecular weight excluding hydrogens is 234 g/mol. The quantitative estimate of drug-likeness (QED) is 0.885. The van der Waals surface area contributed by atoms with Gasteiger partial charge in [0.1, 0.15) is 5.75 Å². The molecule has 17 heavy (non-hydrogen) atoms. The van der Waals surface area contributed by atoms with Gasteiger partial charge in [-0.3, -0.25) is 0 Å². The molecular formula is C14H20ClNO. The molecule has 0 aliphatic heterocycles. The van der Waals surface area contributed by atoms with E-state index < -0.39 is 0 Å². The Morgan fingerprint density at radius 2 is 2.12 bits per heavy atom. The molecule has 0 bridgehead atoms. The van der Waals surface area contributed by atoms with E-state index in [0.29, 0.717) is 6.04 Å². The van der Waals surface area contributed by atoms with Crippen LogP contribution in [0.1, 0.15) is 36.0 Å². The van der Waals surface area contributed by atoms with Gasteiger partial charge in [-0.1, -0.05) is 18.0 Å². The Bertz CT molecular complexity index is 413. The fourth-order valence-corrected chi connectivity index (χ4v) is 2.39. The van der Waals surface area contributed by atoms with Crippen LogP contribution in [-0.2, 0) is 6.54 Å². The second kappa shape index (κ2) is 5.28. The molecule has 1 aliphatic rings. The minimum Gasteiger partial charge on any atom is -0.496 e. The summed E-state index contributed by atoms with van der Waals surface area (Å²) in [5.74, 6) is 0.941. The summed E-state index contributed by atoms with van der Waals surface area (Å²) in [6.45, 7) is 4.93. The van der Waals surface area contributed by atoms with E-state index in [1.54, 1.807) is 7.11 Å². The Kier molecular flexibility index (Phi) is 3.95. The first-order chi connectivity index (χ1) is 8.13. The van der Waals surface area contributed by atoms with Crippen molar-refractivity contribution in [2.45, 2.75) is 45.7 Å². The van der Waals surface area contributed by atoms with Crippen LogP contribution in [0.4, 0.5) is 0 Å². The van der Waals surface area contributed by atoms with Crippen molar-refractivity contribution < 1.29 is 4.74 Å². The topological polar surface area (TPSA) is 21.3 Å². The van der Waals surface area contributed by atoms with Gasteiger partial charge in [-0.15, -0.1) is 0 Å². The van der Waals surface area contributed by atoms with Crippen molar-refractivity contribution >= 4 is 11.6 Å². The molecule has 0 atom stereocenters. The van der Waals surface area contributed by atoms with Crippen LogP contribution in [0.3, 0.4) is 0 Å². The van der Waals surface area contributed by atoms with Crippen molar-refractivity contribution in [3.05, 3.63) is 27.8 Å². The summed E-state index contributed by atoms with van der Waals surface area (Å²) in [5, 5.41) is 4.42. The van der Waals surface area contributed by atoms with Crippen LogP contribution in [0.5, 0.6) is 5.75 Å². The monoisotopic (exact) mass is 253 g/mol. The second-order valence-electron chi connectivity index (χ2n) is 4.82. The fraction of sp³-hybridized carbons (Fsp3) is 0.571. The van der Waals surface area contributed by atoms with Crippen molar-refractivity contribution in [2.24, 2.45) is 0 Å². The largest absolute Gasteiger partial charge is 0.496 e. The predicted octanol–water partition coefficient (Wildman–Crippen LogP) is 3.61. The van der Waals surface area contributed by atoms with Crippen molar-refractivity contribution in [3.8, 4) is 5.75 Å². The number of benzene rings is 1. The number of rotatable bonds is 4. The highest BCUT2D eigenvalue weighted by atomic mass is 35.5. The molecule has 1 saturated carbocycles. The van der Waals surface area contributed by atoms with Gasteiger partial charge in [0.05, 0.1) is 7.11 Å². The molecule has 0 aromatic heterocycles. The van der Waals surface area contributed by atoms with Gasteiger partial charge in [0.15, 0.2) is 0 Å². The van der Waals surface area contributed by atoms with E-state index in [1.165, 1.54) is 24.8 Å². The zero-order valence-corrected chi connectivity index (χ0v) is 11.5. The van der Waals surface area contributed by atoms with Crippen LogP contribution in [0, 0.1) is 13.8 Å². The summed E-state index contributed by atoms with van der Waals surface area (Å²) in [5.41, 5.74) is 3.40. The molecule has 0 heterocycles. The number of methoxy groups -OCH3 is 1. The molecule has 1 aromatic carbocycles. The molecule has 2 rings (SSSR count). The Labute approximate surface area is 108 Å². The maximum Gasteiger partial charge on any atom is 0.123 e. The van der Waals surface area contributed by atoms with Crippen molar-refractivity contribution in [1.29, 1.82) is 0 Å². The Hall–Kier alpha value is -0.730. The lowest BCUT2D eigenvalue weighted by Gasteiger charge is -2.27. The summed E-state index contributed by atoms with van der Waals surface area (Å²) in [4.78, 5) is 0. The molecule has 94 valence electrons. The van der Waals surface area contributed by atoms with Gasteiger partial charge in [-0.05, 0) is 43.9 Å². The third-order valence-electron chi connectivity index (χ3n) is 3.67. The van der Waals surface area contributed by atoms with E-state index in [1.807, 2.05) is 13.0 Å². The zero-order chi connectivity index (χ0) is 12.4. The number of nitrogens with one attached hydrogen (secondary N) is 1. The third kappa shape index (κ3) is 2.58. The Balaban J connectivity index is 2.20. The van der Waals surface area contributed by atoms with Crippen LogP contribution in [-0.4, -0.2) is 13.2 Å². The molecule has 1 N–H and O–H groups in total. The van der Waals surface area contributed by atoms with E-state index in [2.05, 4.69) is 12.2 Å². The van der Waals surface area contributed by atoms with Crippen LogP contribution >= 0.6 is 11.6 Å². The van der Waals surface area contributed by atoms with Crippen molar-refractivity contribution in [3.63, 3.8) is 0 Å². The first-order valence-electron chi connectivity index (χ1n) is 6.19. The summed E-state index contributed by atoms with van der Waals surface area (Å²) in [7, 11) is 1.72. The van der Waals surface area contributed by atoms with E-state index in [-0.39, 0.29) is 0 Å². The molecule has 3 heteroatoms. The fourth-order valence-electron chi connectivity index (χ4n) is 2.22. The van der Waals surface area contributed by atoms with Crippen LogP contribution in [0.15, 0.2) is 6.07 Å². The molecule has 0 unspecified atom stereocenters. The van der Waals surface area contributed by atoms with E-state index in [9.17, 15) is 0 Å². The Morgan fingerprint density at radius 3 is 2.65 bits per heavy atom. The number of aryl methyl sites for hydroxylation is 1. The summed E-state index contributed by atoms with van der Waals surface area (Å²) < 4.78 is 5.45. The summed E-state index contributed by atoms with van der Waals surface area (Å²) in [6.07, 6.45) is 3.93. The van der Waals surface area contributed by atoms with Gasteiger partial charge >= 0.3 is 0 Å². The normalized spacial score (nSPS) is 15.8. The van der Waals surface area contributed by atoms with Gasteiger partial charge in [-0.2, -0.15) is 0 Å². The van der Waals surface area contributed by atoms with E-state index in [0.717, 1.165) is 28.4 Å².